The van der Waals surface area contributed by atoms with E-state index in [0.29, 0.717) is 13.2 Å². The van der Waals surface area contributed by atoms with Gasteiger partial charge in [-0.15, -0.1) is 21.5 Å². The predicted octanol–water partition coefficient (Wildman–Crippen LogP) is 1.48. The Labute approximate surface area is 114 Å². The molecule has 0 atom stereocenters. The maximum atomic E-state index is 5.80. The fourth-order valence-electron chi connectivity index (χ4n) is 2.76. The molecular weight excluding hydrogens is 264 g/mol. The summed E-state index contributed by atoms with van der Waals surface area (Å²) in [6.45, 7) is 2.20. The quantitative estimate of drug-likeness (QED) is 0.790. The van der Waals surface area contributed by atoms with E-state index in [4.69, 9.17) is 9.47 Å². The Morgan fingerprint density at radius 2 is 2.11 bits per heavy atom. The van der Waals surface area contributed by atoms with Crippen LogP contribution in [-0.4, -0.2) is 38.7 Å². The van der Waals surface area contributed by atoms with Gasteiger partial charge in [-0.1, -0.05) is 0 Å². The van der Waals surface area contributed by atoms with E-state index >= 15 is 0 Å². The van der Waals surface area contributed by atoms with E-state index in [9.17, 15) is 0 Å². The van der Waals surface area contributed by atoms with Crippen LogP contribution in [0.3, 0.4) is 0 Å². The molecule has 4 heterocycles. The molecule has 0 aliphatic carbocycles. The average Bonchev–Trinajstić information content (AvgIpc) is 3.13. The second-order valence-corrected chi connectivity index (χ2v) is 5.54. The number of ether oxygens (including phenoxy) is 2. The lowest BCUT2D eigenvalue weighted by Gasteiger charge is -2.24. The molecule has 6 nitrogen and oxygen atoms in total. The molecule has 2 aliphatic heterocycles. The van der Waals surface area contributed by atoms with Crippen molar-refractivity contribution in [1.29, 1.82) is 0 Å². The molecular formula is C12H14N4O2S. The van der Waals surface area contributed by atoms with Crippen molar-refractivity contribution in [3.8, 4) is 11.5 Å². The summed E-state index contributed by atoms with van der Waals surface area (Å²) in [6, 6.07) is 0. The van der Waals surface area contributed by atoms with Gasteiger partial charge in [0.05, 0.1) is 18.7 Å². The first-order valence-electron chi connectivity index (χ1n) is 6.45. The third kappa shape index (κ3) is 1.89. The van der Waals surface area contributed by atoms with E-state index in [0.717, 1.165) is 43.1 Å². The van der Waals surface area contributed by atoms with Crippen molar-refractivity contribution in [3.05, 3.63) is 16.7 Å². The minimum atomic E-state index is -0.403. The minimum absolute atomic E-state index is 0.403. The molecule has 2 aromatic rings. The molecule has 7 heteroatoms. The molecule has 19 heavy (non-hydrogen) atoms. The molecule has 100 valence electrons. The van der Waals surface area contributed by atoms with Gasteiger partial charge >= 0.3 is 0 Å². The van der Waals surface area contributed by atoms with Crippen LogP contribution in [0.5, 0.6) is 0 Å². The highest BCUT2D eigenvalue weighted by Crippen LogP contribution is 2.33. The minimum Gasteiger partial charge on any atom is -0.347 e. The zero-order valence-corrected chi connectivity index (χ0v) is 11.2. The van der Waals surface area contributed by atoms with Gasteiger partial charge in [-0.05, 0) is 0 Å². The number of nitrogens with zero attached hydrogens (tertiary/aromatic N) is 4. The van der Waals surface area contributed by atoms with Gasteiger partial charge in [-0.25, -0.2) is 4.98 Å². The van der Waals surface area contributed by atoms with E-state index in [1.807, 2.05) is 10.9 Å². The fraction of sp³-hybridized carbons (Fsp3) is 0.583. The second kappa shape index (κ2) is 4.36. The Morgan fingerprint density at radius 3 is 2.89 bits per heavy atom. The van der Waals surface area contributed by atoms with Crippen LogP contribution in [0.15, 0.2) is 10.9 Å². The van der Waals surface area contributed by atoms with Gasteiger partial charge in [0.1, 0.15) is 11.5 Å². The van der Waals surface area contributed by atoms with Crippen molar-refractivity contribution in [3.63, 3.8) is 0 Å². The van der Waals surface area contributed by atoms with Crippen LogP contribution in [0, 0.1) is 0 Å². The fourth-order valence-corrected chi connectivity index (χ4v) is 3.29. The molecule has 0 aromatic carbocycles. The largest absolute Gasteiger partial charge is 0.347 e. The van der Waals surface area contributed by atoms with Crippen molar-refractivity contribution in [2.75, 3.05) is 13.2 Å². The third-order valence-electron chi connectivity index (χ3n) is 3.75. The maximum Gasteiger partial charge on any atom is 0.183 e. The Hall–Kier alpha value is -1.31. The zero-order valence-electron chi connectivity index (χ0n) is 10.4. The standard InChI is InChI=1S/C12H14N4O2S/c1-2-12(17-5-6-18-12)3-4-16-10(1)14-15-11(16)9-7-19-8-13-9/h7-8H,1-6H2. The van der Waals surface area contributed by atoms with Gasteiger partial charge in [0.25, 0.3) is 0 Å². The third-order valence-corrected chi connectivity index (χ3v) is 4.33. The Kier molecular flexibility index (Phi) is 2.64. The molecule has 1 saturated heterocycles. The van der Waals surface area contributed by atoms with Gasteiger partial charge in [0, 0.05) is 31.2 Å². The van der Waals surface area contributed by atoms with E-state index < -0.39 is 5.79 Å². The number of rotatable bonds is 1. The van der Waals surface area contributed by atoms with E-state index in [1.165, 1.54) is 0 Å². The van der Waals surface area contributed by atoms with E-state index in [1.54, 1.807) is 11.3 Å². The molecule has 1 spiro atoms. The summed E-state index contributed by atoms with van der Waals surface area (Å²) >= 11 is 1.57. The molecule has 0 radical (unpaired) electrons. The van der Waals surface area contributed by atoms with Crippen LogP contribution in [-0.2, 0) is 22.4 Å². The highest BCUT2D eigenvalue weighted by atomic mass is 32.1. The topological polar surface area (TPSA) is 62.1 Å². The van der Waals surface area contributed by atoms with E-state index in [2.05, 4.69) is 19.7 Å². The van der Waals surface area contributed by atoms with Gasteiger partial charge in [-0.2, -0.15) is 0 Å². The van der Waals surface area contributed by atoms with Crippen LogP contribution < -0.4 is 0 Å². The predicted molar refractivity (Wildman–Crippen MR) is 68.7 cm³/mol. The summed E-state index contributed by atoms with van der Waals surface area (Å²) in [7, 11) is 0. The summed E-state index contributed by atoms with van der Waals surface area (Å²) in [4.78, 5) is 4.32. The summed E-state index contributed by atoms with van der Waals surface area (Å²) in [5, 5.41) is 10.6. The molecule has 0 amide bonds. The molecule has 2 aromatic heterocycles. The van der Waals surface area contributed by atoms with Crippen molar-refractivity contribution < 1.29 is 9.47 Å². The molecule has 0 N–H and O–H groups in total. The maximum absolute atomic E-state index is 5.80. The molecule has 0 bridgehead atoms. The summed E-state index contributed by atoms with van der Waals surface area (Å²) in [5.74, 6) is 1.45. The monoisotopic (exact) mass is 278 g/mol. The lowest BCUT2D eigenvalue weighted by atomic mass is 10.1. The number of hydrogen-bond donors (Lipinski definition) is 0. The van der Waals surface area contributed by atoms with Crippen LogP contribution in [0.25, 0.3) is 11.5 Å². The highest BCUT2D eigenvalue weighted by molar-refractivity contribution is 7.07. The molecule has 0 unspecified atom stereocenters. The van der Waals surface area contributed by atoms with Gasteiger partial charge in [0.15, 0.2) is 11.6 Å². The number of thiazole rings is 1. The zero-order chi connectivity index (χ0) is 12.7. The Morgan fingerprint density at radius 1 is 1.21 bits per heavy atom. The van der Waals surface area contributed by atoms with Crippen molar-refractivity contribution in [2.24, 2.45) is 0 Å². The lowest BCUT2D eigenvalue weighted by molar-refractivity contribution is -0.165. The number of aryl methyl sites for hydroxylation is 1. The average molecular weight is 278 g/mol. The van der Waals surface area contributed by atoms with Crippen molar-refractivity contribution >= 4 is 11.3 Å². The highest BCUT2D eigenvalue weighted by Gasteiger charge is 2.38. The second-order valence-electron chi connectivity index (χ2n) is 4.82. The summed E-state index contributed by atoms with van der Waals surface area (Å²) in [6.07, 6.45) is 2.52. The number of aromatic nitrogens is 4. The Bertz CT molecular complexity index is 575. The van der Waals surface area contributed by atoms with Crippen LogP contribution in [0.4, 0.5) is 0 Å². The Balaban J connectivity index is 1.67. The molecule has 1 fully saturated rings. The van der Waals surface area contributed by atoms with Gasteiger partial charge < -0.3 is 14.0 Å². The van der Waals surface area contributed by atoms with Crippen molar-refractivity contribution in [2.45, 2.75) is 31.6 Å². The van der Waals surface area contributed by atoms with Crippen LogP contribution in [0.2, 0.25) is 0 Å². The first-order valence-corrected chi connectivity index (χ1v) is 7.39. The first kappa shape index (κ1) is 11.5. The number of fused-ring (bicyclic) bond motifs is 1. The molecule has 0 saturated carbocycles. The normalized spacial score (nSPS) is 21.5. The number of hydrogen-bond acceptors (Lipinski definition) is 6. The van der Waals surface area contributed by atoms with Crippen molar-refractivity contribution in [1.82, 2.24) is 19.7 Å². The van der Waals surface area contributed by atoms with Gasteiger partial charge in [-0.3, -0.25) is 0 Å². The lowest BCUT2D eigenvalue weighted by Crippen LogP contribution is -2.30. The van der Waals surface area contributed by atoms with Crippen LogP contribution in [0.1, 0.15) is 18.7 Å². The summed E-state index contributed by atoms with van der Waals surface area (Å²) < 4.78 is 13.7. The van der Waals surface area contributed by atoms with Gasteiger partial charge in [0.2, 0.25) is 0 Å². The smallest absolute Gasteiger partial charge is 0.183 e. The SMILES string of the molecule is c1nc(-c2nnc3n2CCC2(CC3)OCCO2)cs1. The molecule has 2 aliphatic rings. The van der Waals surface area contributed by atoms with Crippen LogP contribution >= 0.6 is 11.3 Å². The first-order chi connectivity index (χ1) is 9.36. The van der Waals surface area contributed by atoms with E-state index in [-0.39, 0.29) is 0 Å². The molecule has 4 rings (SSSR count). The summed E-state index contributed by atoms with van der Waals surface area (Å²) in [5.41, 5.74) is 2.71.